The molecule has 0 amide bonds. The monoisotopic (exact) mass is 376 g/mol. The zero-order chi connectivity index (χ0) is 16.4. The van der Waals surface area contributed by atoms with E-state index in [4.69, 9.17) is 12.2 Å². The average Bonchev–Trinajstić information content (AvgIpc) is 2.20. The Bertz CT molecular complexity index is 541. The Morgan fingerprint density at radius 2 is 1.86 bits per heavy atom. The Kier molecular flexibility index (Phi) is 5.61. The van der Waals surface area contributed by atoms with Crippen molar-refractivity contribution < 1.29 is 9.50 Å². The van der Waals surface area contributed by atoms with E-state index >= 15 is 0 Å². The third kappa shape index (κ3) is 6.18. The van der Waals surface area contributed by atoms with Gasteiger partial charge >= 0.3 is 0 Å². The van der Waals surface area contributed by atoms with Crippen LogP contribution in [0.3, 0.4) is 0 Å². The fourth-order valence-corrected chi connectivity index (χ4v) is 3.31. The van der Waals surface area contributed by atoms with Gasteiger partial charge in [0.05, 0.1) is 5.69 Å². The van der Waals surface area contributed by atoms with Gasteiger partial charge in [-0.15, -0.1) is 0 Å². The molecule has 3 N–H and O–H groups in total. The summed E-state index contributed by atoms with van der Waals surface area (Å²) in [5.41, 5.74) is 0.157. The summed E-state index contributed by atoms with van der Waals surface area (Å²) in [6, 6.07) is 2.77. The summed E-state index contributed by atoms with van der Waals surface area (Å²) < 4.78 is 14.0. The molecule has 3 nitrogen and oxygen atoms in total. The van der Waals surface area contributed by atoms with Crippen LogP contribution in [0.4, 0.5) is 10.1 Å². The Labute approximate surface area is 139 Å². The maximum absolute atomic E-state index is 13.5. The van der Waals surface area contributed by atoms with E-state index in [1.165, 1.54) is 6.07 Å². The summed E-state index contributed by atoms with van der Waals surface area (Å²) in [5, 5.41) is 16.1. The van der Waals surface area contributed by atoms with Gasteiger partial charge in [-0.1, -0.05) is 36.7 Å². The number of thiocarbonyl (C=S) groups is 1. The highest BCUT2D eigenvalue weighted by atomic mass is 79.9. The number of phenolic OH excluding ortho intramolecular Hbond substituents is 1. The topological polar surface area (TPSA) is 44.3 Å². The van der Waals surface area contributed by atoms with Gasteiger partial charge in [0.25, 0.3) is 0 Å². The van der Waals surface area contributed by atoms with E-state index in [0.29, 0.717) is 9.59 Å². The second-order valence-electron chi connectivity index (χ2n) is 6.98. The highest BCUT2D eigenvalue weighted by Gasteiger charge is 2.26. The second-order valence-corrected chi connectivity index (χ2v) is 8.31. The van der Waals surface area contributed by atoms with Gasteiger partial charge in [-0.2, -0.15) is 0 Å². The van der Waals surface area contributed by atoms with E-state index in [1.54, 1.807) is 6.07 Å². The van der Waals surface area contributed by atoms with E-state index < -0.39 is 11.6 Å². The number of rotatable bonds is 3. The summed E-state index contributed by atoms with van der Waals surface area (Å²) in [7, 11) is 0. The van der Waals surface area contributed by atoms with Gasteiger partial charge in [0.2, 0.25) is 0 Å². The molecule has 0 aliphatic rings. The molecule has 0 atom stereocenters. The normalized spacial score (nSPS) is 12.1. The minimum Gasteiger partial charge on any atom is -0.503 e. The van der Waals surface area contributed by atoms with Crippen molar-refractivity contribution in [3.8, 4) is 5.75 Å². The molecule has 0 aromatic heterocycles. The first-order chi connectivity index (χ1) is 9.39. The van der Waals surface area contributed by atoms with E-state index in [2.05, 4.69) is 47.3 Å². The van der Waals surface area contributed by atoms with Crippen LogP contribution in [0.1, 0.15) is 41.0 Å². The number of phenols is 1. The molecule has 6 heteroatoms. The number of aromatic hydroxyl groups is 1. The maximum atomic E-state index is 13.5. The Morgan fingerprint density at radius 1 is 1.29 bits per heavy atom. The van der Waals surface area contributed by atoms with Gasteiger partial charge in [-0.3, -0.25) is 0 Å². The molecular formula is C15H22BrFN2OS. The second kappa shape index (κ2) is 6.48. The molecule has 118 valence electrons. The molecule has 0 radical (unpaired) electrons. The van der Waals surface area contributed by atoms with E-state index in [1.807, 2.05) is 13.8 Å². The average molecular weight is 377 g/mol. The quantitative estimate of drug-likeness (QED) is 0.523. The number of hydrogen-bond acceptors (Lipinski definition) is 2. The van der Waals surface area contributed by atoms with Crippen molar-refractivity contribution in [2.45, 2.75) is 46.6 Å². The third-order valence-corrected chi connectivity index (χ3v) is 3.36. The molecule has 0 aliphatic carbocycles. The number of halogens is 2. The summed E-state index contributed by atoms with van der Waals surface area (Å²) in [5.74, 6) is -1.15. The fraction of sp³-hybridized carbons (Fsp3) is 0.533. The summed E-state index contributed by atoms with van der Waals surface area (Å²) in [6.45, 7) is 10.6. The molecule has 0 aliphatic heterocycles. The maximum Gasteiger partial charge on any atom is 0.175 e. The van der Waals surface area contributed by atoms with Crippen LogP contribution in [0.5, 0.6) is 5.75 Å². The summed E-state index contributed by atoms with van der Waals surface area (Å²) in [4.78, 5) is 0. The lowest BCUT2D eigenvalue weighted by atomic mass is 9.82. The largest absolute Gasteiger partial charge is 0.503 e. The van der Waals surface area contributed by atoms with Crippen molar-refractivity contribution in [3.63, 3.8) is 0 Å². The molecule has 1 rings (SSSR count). The predicted molar refractivity (Wildman–Crippen MR) is 93.3 cm³/mol. The van der Waals surface area contributed by atoms with E-state index in [0.717, 1.165) is 6.42 Å². The van der Waals surface area contributed by atoms with Crippen LogP contribution < -0.4 is 10.6 Å². The first-order valence-corrected chi connectivity index (χ1v) is 7.87. The number of hydrogen-bond donors (Lipinski definition) is 3. The molecule has 21 heavy (non-hydrogen) atoms. The van der Waals surface area contributed by atoms with Crippen molar-refractivity contribution in [2.75, 3.05) is 5.32 Å². The van der Waals surface area contributed by atoms with Crippen LogP contribution in [-0.2, 0) is 0 Å². The van der Waals surface area contributed by atoms with Gasteiger partial charge < -0.3 is 15.7 Å². The summed E-state index contributed by atoms with van der Waals surface area (Å²) in [6.07, 6.45) is 0.903. The van der Waals surface area contributed by atoms with Gasteiger partial charge in [-0.25, -0.2) is 4.39 Å². The minimum absolute atomic E-state index is 0.149. The van der Waals surface area contributed by atoms with Gasteiger partial charge in [0, 0.05) is 10.0 Å². The lowest BCUT2D eigenvalue weighted by molar-refractivity contribution is 0.268. The molecule has 0 spiro atoms. The van der Waals surface area contributed by atoms with Crippen LogP contribution in [0, 0.1) is 11.2 Å². The van der Waals surface area contributed by atoms with Crippen LogP contribution >= 0.6 is 28.1 Å². The molecule has 1 aromatic carbocycles. The van der Waals surface area contributed by atoms with Crippen LogP contribution in [0.15, 0.2) is 16.6 Å². The zero-order valence-electron chi connectivity index (χ0n) is 13.0. The minimum atomic E-state index is -0.705. The smallest absolute Gasteiger partial charge is 0.175 e. The van der Waals surface area contributed by atoms with E-state index in [9.17, 15) is 9.50 Å². The van der Waals surface area contributed by atoms with Gasteiger partial charge in [0.1, 0.15) is 0 Å². The van der Waals surface area contributed by atoms with Crippen molar-refractivity contribution in [2.24, 2.45) is 5.41 Å². The van der Waals surface area contributed by atoms with Crippen molar-refractivity contribution in [1.29, 1.82) is 0 Å². The Morgan fingerprint density at radius 3 is 2.38 bits per heavy atom. The van der Waals surface area contributed by atoms with Crippen LogP contribution in [-0.4, -0.2) is 15.8 Å². The molecule has 0 fully saturated rings. The standard InChI is InChI=1S/C15H22BrFN2OS/c1-14(2,3)8-15(4,5)19-13(21)18-11-7-9(16)6-10(17)12(11)20/h6-7,20H,8H2,1-5H3,(H2,18,19,21). The molecule has 0 bridgehead atoms. The molecule has 0 saturated carbocycles. The molecular weight excluding hydrogens is 355 g/mol. The lowest BCUT2D eigenvalue weighted by Gasteiger charge is -2.34. The highest BCUT2D eigenvalue weighted by molar-refractivity contribution is 9.10. The first-order valence-electron chi connectivity index (χ1n) is 6.67. The van der Waals surface area contributed by atoms with E-state index in [-0.39, 0.29) is 16.6 Å². The fourth-order valence-electron chi connectivity index (χ4n) is 2.49. The van der Waals surface area contributed by atoms with Crippen molar-refractivity contribution in [1.82, 2.24) is 5.32 Å². The molecule has 0 heterocycles. The van der Waals surface area contributed by atoms with Gasteiger partial charge in [0.15, 0.2) is 16.7 Å². The SMILES string of the molecule is CC(C)(C)CC(C)(C)NC(=S)Nc1cc(Br)cc(F)c1O. The predicted octanol–water partition coefficient (Wildman–Crippen LogP) is 4.80. The van der Waals surface area contributed by atoms with Crippen LogP contribution in [0.25, 0.3) is 0 Å². The van der Waals surface area contributed by atoms with Gasteiger partial charge in [-0.05, 0) is 50.0 Å². The lowest BCUT2D eigenvalue weighted by Crippen LogP contribution is -2.47. The summed E-state index contributed by atoms with van der Waals surface area (Å²) >= 11 is 8.43. The number of benzene rings is 1. The molecule has 1 aromatic rings. The molecule has 0 unspecified atom stereocenters. The Hall–Kier alpha value is -0.880. The Balaban J connectivity index is 2.79. The zero-order valence-corrected chi connectivity index (χ0v) is 15.4. The first kappa shape index (κ1) is 18.2. The van der Waals surface area contributed by atoms with Crippen molar-refractivity contribution >= 4 is 38.9 Å². The third-order valence-electron chi connectivity index (χ3n) is 2.70. The molecule has 0 saturated heterocycles. The number of anilines is 1. The van der Waals surface area contributed by atoms with Crippen molar-refractivity contribution in [3.05, 3.63) is 22.4 Å². The number of nitrogens with one attached hydrogen (secondary N) is 2. The highest BCUT2D eigenvalue weighted by Crippen LogP contribution is 2.31. The van der Waals surface area contributed by atoms with Crippen LogP contribution in [0.2, 0.25) is 0 Å².